The van der Waals surface area contributed by atoms with Crippen LogP contribution in [0.25, 0.3) is 11.6 Å². The van der Waals surface area contributed by atoms with Crippen LogP contribution in [0.3, 0.4) is 0 Å². The number of rotatable bonds is 20. The molecule has 0 spiro atoms. The van der Waals surface area contributed by atoms with Gasteiger partial charge in [-0.15, -0.1) is 0 Å². The van der Waals surface area contributed by atoms with Crippen molar-refractivity contribution >= 4 is 57.9 Å². The maximum Gasteiger partial charge on any atom is 0.213 e. The van der Waals surface area contributed by atoms with E-state index in [1.165, 1.54) is 12.7 Å². The van der Waals surface area contributed by atoms with Crippen LogP contribution in [0.1, 0.15) is 22.3 Å². The molecular formula is C47H47ClN12O4. The molecule has 8 aromatic rings. The Morgan fingerprint density at radius 2 is 1.08 bits per heavy atom. The maximum absolute atomic E-state index is 6.82. The molecule has 0 radical (unpaired) electrons. The number of methoxy groups -OCH3 is 1. The zero-order chi connectivity index (χ0) is 44.3. The van der Waals surface area contributed by atoms with Crippen LogP contribution in [-0.4, -0.2) is 72.6 Å². The number of para-hydroxylation sites is 1. The van der Waals surface area contributed by atoms with Gasteiger partial charge in [0, 0.05) is 61.1 Å². The fourth-order valence-electron chi connectivity index (χ4n) is 6.76. The molecule has 4 heterocycles. The van der Waals surface area contributed by atoms with Crippen molar-refractivity contribution in [2.24, 2.45) is 0 Å². The molecule has 326 valence electrons. The summed E-state index contributed by atoms with van der Waals surface area (Å²) < 4.78 is 26.3. The number of nitrogens with one attached hydrogen (secondary N) is 4. The lowest BCUT2D eigenvalue weighted by Gasteiger charge is -2.15. The minimum Gasteiger partial charge on any atom is -0.491 e. The summed E-state index contributed by atoms with van der Waals surface area (Å²) in [5.41, 5.74) is 7.58. The highest BCUT2D eigenvalue weighted by molar-refractivity contribution is 6.33. The Morgan fingerprint density at radius 1 is 0.547 bits per heavy atom. The Morgan fingerprint density at radius 3 is 1.61 bits per heavy atom. The number of aromatic nitrogens is 8. The van der Waals surface area contributed by atoms with Gasteiger partial charge in [0.05, 0.1) is 30.5 Å². The molecule has 0 atom stereocenters. The number of hydrogen-bond acceptors (Lipinski definition) is 14. The second-order valence-electron chi connectivity index (χ2n) is 14.6. The number of anilines is 8. The van der Waals surface area contributed by atoms with Crippen molar-refractivity contribution in [3.8, 4) is 23.1 Å². The topological polar surface area (TPSA) is 172 Å². The molecule has 4 aromatic carbocycles. The largest absolute Gasteiger partial charge is 0.491 e. The van der Waals surface area contributed by atoms with Crippen molar-refractivity contribution in [3.63, 3.8) is 0 Å². The van der Waals surface area contributed by atoms with Crippen LogP contribution in [-0.2, 0) is 16.1 Å². The number of benzene rings is 4. The van der Waals surface area contributed by atoms with Crippen molar-refractivity contribution in [2.45, 2.75) is 27.4 Å². The molecule has 16 nitrogen and oxygen atoms in total. The van der Waals surface area contributed by atoms with E-state index < -0.39 is 0 Å². The Bertz CT molecular complexity index is 2750. The molecule has 0 fully saturated rings. The highest BCUT2D eigenvalue weighted by atomic mass is 35.5. The van der Waals surface area contributed by atoms with Crippen LogP contribution in [0.4, 0.5) is 46.3 Å². The second-order valence-corrected chi connectivity index (χ2v) is 15.0. The van der Waals surface area contributed by atoms with Crippen LogP contribution >= 0.6 is 11.6 Å². The summed E-state index contributed by atoms with van der Waals surface area (Å²) in [6.07, 6.45) is 10.1. The van der Waals surface area contributed by atoms with Gasteiger partial charge in [-0.25, -0.2) is 29.9 Å². The molecule has 0 bridgehead atoms. The number of imidazole rings is 2. The average molecular weight is 879 g/mol. The highest BCUT2D eigenvalue weighted by Gasteiger charge is 2.14. The second kappa shape index (κ2) is 20.6. The van der Waals surface area contributed by atoms with E-state index in [0.29, 0.717) is 73.2 Å². The number of halogens is 1. The third kappa shape index (κ3) is 10.9. The standard InChI is InChI=1S/C47H47ClN12O4/c1-31-6-5-7-32(2)44(31)57-46-49-16-18-59(46)42-26-40(51-29-53-42)56-36-10-14-38(15-11-36)64-23-21-62-28-34-24-33(3)45(39(48)25-34)58-47-50-17-19-60(47)43-27-41(52-30-54-43)55-35-8-12-37(13-9-35)63-22-20-61-4/h5-19,24-27,29-30H,20-23,28H2,1-4H3,(H,49,57)(H,50,58)(H,51,53,56)(H,52,54,55). The van der Waals surface area contributed by atoms with Crippen molar-refractivity contribution in [1.82, 2.24) is 39.0 Å². The molecule has 0 aliphatic carbocycles. The van der Waals surface area contributed by atoms with E-state index in [9.17, 15) is 0 Å². The van der Waals surface area contributed by atoms with Gasteiger partial charge in [0.25, 0.3) is 0 Å². The van der Waals surface area contributed by atoms with E-state index in [2.05, 4.69) is 77.2 Å². The zero-order valence-electron chi connectivity index (χ0n) is 35.7. The lowest BCUT2D eigenvalue weighted by atomic mass is 10.1. The summed E-state index contributed by atoms with van der Waals surface area (Å²) in [4.78, 5) is 26.8. The van der Waals surface area contributed by atoms with E-state index in [1.54, 1.807) is 19.5 Å². The van der Waals surface area contributed by atoms with Gasteiger partial charge in [0.2, 0.25) is 11.9 Å². The van der Waals surface area contributed by atoms with Crippen LogP contribution in [0.15, 0.2) is 128 Å². The van der Waals surface area contributed by atoms with Crippen LogP contribution in [0, 0.1) is 20.8 Å². The zero-order valence-corrected chi connectivity index (χ0v) is 36.5. The summed E-state index contributed by atoms with van der Waals surface area (Å²) in [5.74, 6) is 5.22. The van der Waals surface area contributed by atoms with Gasteiger partial charge in [-0.05, 0) is 97.6 Å². The summed E-state index contributed by atoms with van der Waals surface area (Å²) in [6.45, 7) is 8.25. The average Bonchev–Trinajstić information content (AvgIpc) is 3.98. The van der Waals surface area contributed by atoms with Crippen LogP contribution < -0.4 is 30.7 Å². The molecule has 4 N–H and O–H groups in total. The van der Waals surface area contributed by atoms with Crippen molar-refractivity contribution in [2.75, 3.05) is 54.8 Å². The lowest BCUT2D eigenvalue weighted by molar-refractivity contribution is 0.0889. The third-order valence-electron chi connectivity index (χ3n) is 9.96. The predicted octanol–water partition coefficient (Wildman–Crippen LogP) is 9.81. The minimum absolute atomic E-state index is 0.366. The van der Waals surface area contributed by atoms with Gasteiger partial charge in [0.15, 0.2) is 0 Å². The van der Waals surface area contributed by atoms with Gasteiger partial charge >= 0.3 is 0 Å². The van der Waals surface area contributed by atoms with E-state index in [-0.39, 0.29) is 0 Å². The third-order valence-corrected chi connectivity index (χ3v) is 10.3. The van der Waals surface area contributed by atoms with Crippen LogP contribution in [0.5, 0.6) is 11.5 Å². The molecule has 17 heteroatoms. The minimum atomic E-state index is 0.366. The maximum atomic E-state index is 6.82. The number of ether oxygens (including phenoxy) is 4. The molecule has 4 aromatic heterocycles. The quantitative estimate of drug-likeness (QED) is 0.0533. The monoisotopic (exact) mass is 878 g/mol. The molecule has 0 aliphatic heterocycles. The number of hydrogen-bond donors (Lipinski definition) is 4. The Balaban J connectivity index is 0.802. The Kier molecular flexibility index (Phi) is 13.9. The summed E-state index contributed by atoms with van der Waals surface area (Å²) in [7, 11) is 1.64. The lowest BCUT2D eigenvalue weighted by Crippen LogP contribution is -2.08. The molecule has 0 aliphatic rings. The normalized spacial score (nSPS) is 11.0. The van der Waals surface area contributed by atoms with E-state index >= 15 is 0 Å². The molecule has 0 unspecified atom stereocenters. The Hall–Kier alpha value is -7.53. The van der Waals surface area contributed by atoms with Gasteiger partial charge in [-0.3, -0.25) is 9.13 Å². The summed E-state index contributed by atoms with van der Waals surface area (Å²) in [5, 5.41) is 14.0. The molecule has 64 heavy (non-hydrogen) atoms. The molecular weight excluding hydrogens is 832 g/mol. The van der Waals surface area contributed by atoms with E-state index in [0.717, 1.165) is 56.5 Å². The van der Waals surface area contributed by atoms with Crippen LogP contribution in [0.2, 0.25) is 5.02 Å². The molecule has 8 rings (SSSR count). The van der Waals surface area contributed by atoms with E-state index in [4.69, 9.17) is 30.5 Å². The predicted molar refractivity (Wildman–Crippen MR) is 249 cm³/mol. The fraction of sp³-hybridized carbons (Fsp3) is 0.191. The first-order valence-corrected chi connectivity index (χ1v) is 20.8. The van der Waals surface area contributed by atoms with Gasteiger partial charge < -0.3 is 40.2 Å². The fourth-order valence-corrected chi connectivity index (χ4v) is 7.10. The summed E-state index contributed by atoms with van der Waals surface area (Å²) in [6, 6.07) is 29.1. The first kappa shape index (κ1) is 43.1. The molecule has 0 saturated carbocycles. The van der Waals surface area contributed by atoms with Crippen molar-refractivity contribution < 1.29 is 18.9 Å². The number of aryl methyl sites for hydroxylation is 3. The first-order valence-electron chi connectivity index (χ1n) is 20.5. The smallest absolute Gasteiger partial charge is 0.213 e. The highest BCUT2D eigenvalue weighted by Crippen LogP contribution is 2.32. The van der Waals surface area contributed by atoms with Gasteiger partial charge in [-0.2, -0.15) is 0 Å². The molecule has 0 saturated heterocycles. The SMILES string of the molecule is COCCOc1ccc(Nc2cc(-n3ccnc3Nc3c(C)cc(COCCOc4ccc(Nc5cc(-n6ccnc6Nc6c(C)cccc6C)ncn5)cc4)cc3Cl)ncn2)cc1. The van der Waals surface area contributed by atoms with Gasteiger partial charge in [0.1, 0.15) is 60.6 Å². The van der Waals surface area contributed by atoms with Crippen molar-refractivity contribution in [3.05, 3.63) is 156 Å². The Labute approximate surface area is 375 Å². The molecule has 0 amide bonds. The van der Waals surface area contributed by atoms with Gasteiger partial charge in [-0.1, -0.05) is 35.9 Å². The first-order chi connectivity index (χ1) is 31.3. The van der Waals surface area contributed by atoms with E-state index in [1.807, 2.05) is 107 Å². The summed E-state index contributed by atoms with van der Waals surface area (Å²) >= 11 is 6.82. The van der Waals surface area contributed by atoms with Crippen molar-refractivity contribution in [1.29, 1.82) is 0 Å². The number of nitrogens with zero attached hydrogens (tertiary/aromatic N) is 8.